The lowest BCUT2D eigenvalue weighted by molar-refractivity contribution is -0.127. The summed E-state index contributed by atoms with van der Waals surface area (Å²) >= 11 is 6.04. The lowest BCUT2D eigenvalue weighted by atomic mass is 10.1. The molecule has 1 unspecified atom stereocenters. The second kappa shape index (κ2) is 10.9. The lowest BCUT2D eigenvalue weighted by Crippen LogP contribution is -2.40. The van der Waals surface area contributed by atoms with Crippen LogP contribution >= 0.6 is 11.6 Å². The molecule has 1 amide bonds. The van der Waals surface area contributed by atoms with Gasteiger partial charge in [-0.25, -0.2) is 4.99 Å². The summed E-state index contributed by atoms with van der Waals surface area (Å²) in [7, 11) is 0. The second-order valence-corrected chi connectivity index (χ2v) is 7.79. The molecule has 1 aliphatic rings. The molecule has 0 radical (unpaired) electrons. The molecule has 6 heteroatoms. The Balaban J connectivity index is 1.48. The number of carbonyl (C=O) groups is 1. The van der Waals surface area contributed by atoms with Crippen LogP contribution in [0.5, 0.6) is 0 Å². The zero-order chi connectivity index (χ0) is 20.5. The number of hydrogen-bond acceptors (Lipinski definition) is 2. The molecule has 0 bridgehead atoms. The highest BCUT2D eigenvalue weighted by Gasteiger charge is 2.29. The van der Waals surface area contributed by atoms with Crippen molar-refractivity contribution in [1.82, 2.24) is 15.5 Å². The first-order valence-corrected chi connectivity index (χ1v) is 10.6. The Morgan fingerprint density at radius 2 is 1.93 bits per heavy atom. The Morgan fingerprint density at radius 1 is 1.14 bits per heavy atom. The monoisotopic (exact) mass is 412 g/mol. The Hall–Kier alpha value is -2.53. The van der Waals surface area contributed by atoms with Gasteiger partial charge in [-0.2, -0.15) is 0 Å². The van der Waals surface area contributed by atoms with Crippen LogP contribution in [0.15, 0.2) is 59.6 Å². The lowest BCUT2D eigenvalue weighted by Gasteiger charge is -2.18. The molecule has 1 saturated heterocycles. The van der Waals surface area contributed by atoms with Crippen LogP contribution in [0.2, 0.25) is 5.02 Å². The second-order valence-electron chi connectivity index (χ2n) is 7.35. The topological polar surface area (TPSA) is 56.7 Å². The normalized spacial score (nSPS) is 16.9. The van der Waals surface area contributed by atoms with Crippen LogP contribution in [-0.4, -0.2) is 42.9 Å². The van der Waals surface area contributed by atoms with Gasteiger partial charge in [-0.3, -0.25) is 4.79 Å². The summed E-state index contributed by atoms with van der Waals surface area (Å²) in [5.74, 6) is 1.31. The minimum atomic E-state index is 0.244. The molecular formula is C23H29ClN4O. The number of hydrogen-bond donors (Lipinski definition) is 2. The van der Waals surface area contributed by atoms with Crippen LogP contribution < -0.4 is 10.6 Å². The maximum atomic E-state index is 12.4. The van der Waals surface area contributed by atoms with E-state index in [-0.39, 0.29) is 5.91 Å². The van der Waals surface area contributed by atoms with Gasteiger partial charge in [-0.05, 0) is 36.6 Å². The summed E-state index contributed by atoms with van der Waals surface area (Å²) in [5, 5.41) is 7.38. The highest BCUT2D eigenvalue weighted by molar-refractivity contribution is 6.30. The zero-order valence-electron chi connectivity index (χ0n) is 16.9. The van der Waals surface area contributed by atoms with Crippen LogP contribution in [0, 0.1) is 5.92 Å². The van der Waals surface area contributed by atoms with Crippen molar-refractivity contribution in [2.24, 2.45) is 10.9 Å². The Labute approximate surface area is 178 Å². The molecule has 0 saturated carbocycles. The van der Waals surface area contributed by atoms with Crippen LogP contribution in [-0.2, 0) is 17.8 Å². The van der Waals surface area contributed by atoms with E-state index in [1.54, 1.807) is 0 Å². The highest BCUT2D eigenvalue weighted by atomic mass is 35.5. The summed E-state index contributed by atoms with van der Waals surface area (Å²) < 4.78 is 0. The number of carbonyl (C=O) groups excluding carboxylic acids is 1. The van der Waals surface area contributed by atoms with Crippen LogP contribution in [0.4, 0.5) is 0 Å². The fourth-order valence-electron chi connectivity index (χ4n) is 3.50. The SMILES string of the molecule is CCNC(=NCc1cccc(Cl)c1)NCC1CC(=O)N(CCc2ccccc2)C1. The van der Waals surface area contributed by atoms with E-state index >= 15 is 0 Å². The van der Waals surface area contributed by atoms with E-state index in [0.29, 0.717) is 18.9 Å². The van der Waals surface area contributed by atoms with Crippen molar-refractivity contribution in [3.05, 3.63) is 70.7 Å². The average Bonchev–Trinajstić information content (AvgIpc) is 3.09. The van der Waals surface area contributed by atoms with Gasteiger partial charge < -0.3 is 15.5 Å². The van der Waals surface area contributed by atoms with Crippen molar-refractivity contribution in [1.29, 1.82) is 0 Å². The predicted octanol–water partition coefficient (Wildman–Crippen LogP) is 3.49. The molecule has 1 aliphatic heterocycles. The van der Waals surface area contributed by atoms with E-state index in [0.717, 1.165) is 49.1 Å². The van der Waals surface area contributed by atoms with E-state index < -0.39 is 0 Å². The van der Waals surface area contributed by atoms with E-state index in [2.05, 4.69) is 27.8 Å². The van der Waals surface area contributed by atoms with Gasteiger partial charge in [0.1, 0.15) is 0 Å². The summed E-state index contributed by atoms with van der Waals surface area (Å²) in [6.07, 6.45) is 1.49. The molecule has 0 aliphatic carbocycles. The summed E-state index contributed by atoms with van der Waals surface area (Å²) in [5.41, 5.74) is 2.34. The standard InChI is InChI=1S/C23H29ClN4O/c1-2-25-23(26-15-19-9-6-10-21(24)13-19)27-16-20-14-22(29)28(17-20)12-11-18-7-4-3-5-8-18/h3-10,13,20H,2,11-12,14-17H2,1H3,(H2,25,26,27). The maximum Gasteiger partial charge on any atom is 0.223 e. The molecule has 1 fully saturated rings. The third kappa shape index (κ3) is 6.79. The molecule has 2 aromatic rings. The van der Waals surface area contributed by atoms with E-state index in [4.69, 9.17) is 11.6 Å². The van der Waals surface area contributed by atoms with Gasteiger partial charge in [-0.1, -0.05) is 54.1 Å². The number of likely N-dealkylation sites (tertiary alicyclic amines) is 1. The molecule has 3 rings (SSSR count). The number of rotatable bonds is 8. The fraction of sp³-hybridized carbons (Fsp3) is 0.391. The van der Waals surface area contributed by atoms with E-state index in [1.807, 2.05) is 54.3 Å². The molecule has 2 N–H and O–H groups in total. The predicted molar refractivity (Wildman–Crippen MR) is 119 cm³/mol. The number of amides is 1. The third-order valence-corrected chi connectivity index (χ3v) is 5.25. The number of nitrogens with zero attached hydrogens (tertiary/aromatic N) is 2. The Bertz CT molecular complexity index is 825. The molecule has 0 spiro atoms. The first-order valence-electron chi connectivity index (χ1n) is 10.2. The summed E-state index contributed by atoms with van der Waals surface area (Å²) in [6, 6.07) is 18.0. The van der Waals surface area contributed by atoms with Crippen LogP contribution in [0.25, 0.3) is 0 Å². The average molecular weight is 413 g/mol. The van der Waals surface area contributed by atoms with E-state index in [1.165, 1.54) is 5.56 Å². The highest BCUT2D eigenvalue weighted by Crippen LogP contribution is 2.17. The molecular weight excluding hydrogens is 384 g/mol. The van der Waals surface area contributed by atoms with Gasteiger partial charge >= 0.3 is 0 Å². The van der Waals surface area contributed by atoms with Crippen molar-refractivity contribution in [2.45, 2.75) is 26.3 Å². The van der Waals surface area contributed by atoms with Crippen molar-refractivity contribution in [3.8, 4) is 0 Å². The Morgan fingerprint density at radius 3 is 2.69 bits per heavy atom. The molecule has 0 aromatic heterocycles. The number of guanidine groups is 1. The molecule has 154 valence electrons. The maximum absolute atomic E-state index is 12.4. The first-order chi connectivity index (χ1) is 14.1. The molecule has 1 heterocycles. The van der Waals surface area contributed by atoms with Crippen molar-refractivity contribution < 1.29 is 4.79 Å². The quantitative estimate of drug-likeness (QED) is 0.515. The van der Waals surface area contributed by atoms with Crippen LogP contribution in [0.1, 0.15) is 24.5 Å². The minimum Gasteiger partial charge on any atom is -0.357 e. The molecule has 2 aromatic carbocycles. The van der Waals surface area contributed by atoms with Gasteiger partial charge in [0.2, 0.25) is 5.91 Å². The van der Waals surface area contributed by atoms with Crippen molar-refractivity contribution >= 4 is 23.5 Å². The number of nitrogens with one attached hydrogen (secondary N) is 2. The number of aliphatic imine (C=N–C) groups is 1. The third-order valence-electron chi connectivity index (χ3n) is 5.02. The zero-order valence-corrected chi connectivity index (χ0v) is 17.7. The first kappa shape index (κ1) is 21.2. The Kier molecular flexibility index (Phi) is 7.94. The van der Waals surface area contributed by atoms with Crippen LogP contribution in [0.3, 0.4) is 0 Å². The fourth-order valence-corrected chi connectivity index (χ4v) is 3.72. The number of benzene rings is 2. The van der Waals surface area contributed by atoms with Gasteiger partial charge in [0.15, 0.2) is 5.96 Å². The van der Waals surface area contributed by atoms with Crippen molar-refractivity contribution in [2.75, 3.05) is 26.2 Å². The van der Waals surface area contributed by atoms with E-state index in [9.17, 15) is 4.79 Å². The summed E-state index contributed by atoms with van der Waals surface area (Å²) in [4.78, 5) is 19.0. The molecule has 29 heavy (non-hydrogen) atoms. The van der Waals surface area contributed by atoms with Gasteiger partial charge in [0.25, 0.3) is 0 Å². The molecule has 1 atom stereocenters. The minimum absolute atomic E-state index is 0.244. The van der Waals surface area contributed by atoms with Gasteiger partial charge in [0.05, 0.1) is 6.54 Å². The largest absolute Gasteiger partial charge is 0.357 e. The number of halogens is 1. The van der Waals surface area contributed by atoms with Gasteiger partial charge in [-0.15, -0.1) is 0 Å². The van der Waals surface area contributed by atoms with Crippen molar-refractivity contribution in [3.63, 3.8) is 0 Å². The van der Waals surface area contributed by atoms with Gasteiger partial charge in [0, 0.05) is 43.5 Å². The molecule has 5 nitrogen and oxygen atoms in total. The smallest absolute Gasteiger partial charge is 0.223 e. The summed E-state index contributed by atoms with van der Waals surface area (Å²) in [6.45, 7) is 5.70.